The number of hydrogen-bond acceptors (Lipinski definition) is 3. The fraction of sp³-hybridized carbons (Fsp3) is 0.462. The Morgan fingerprint density at radius 2 is 1.94 bits per heavy atom. The van der Waals surface area contributed by atoms with Gasteiger partial charge in [0.1, 0.15) is 6.61 Å². The largest absolute Gasteiger partial charge is 0.445 e. The molecular formula is C13H18N2O2. The second kappa shape index (κ2) is 6.25. The van der Waals surface area contributed by atoms with Crippen molar-refractivity contribution < 1.29 is 9.53 Å². The number of benzene rings is 1. The van der Waals surface area contributed by atoms with Gasteiger partial charge in [0.05, 0.1) is 6.67 Å². The number of hydrogen-bond donors (Lipinski definition) is 1. The average Bonchev–Trinajstić information content (AvgIpc) is 2.88. The van der Waals surface area contributed by atoms with Gasteiger partial charge in [-0.1, -0.05) is 30.3 Å². The lowest BCUT2D eigenvalue weighted by Crippen LogP contribution is -2.36. The van der Waals surface area contributed by atoms with Crippen molar-refractivity contribution in [3.63, 3.8) is 0 Å². The molecule has 1 amide bonds. The lowest BCUT2D eigenvalue weighted by molar-refractivity contribution is 0.133. The molecule has 0 unspecified atom stereocenters. The Morgan fingerprint density at radius 1 is 1.24 bits per heavy atom. The zero-order chi connectivity index (χ0) is 11.9. The minimum Gasteiger partial charge on any atom is -0.445 e. The van der Waals surface area contributed by atoms with Crippen LogP contribution in [0.4, 0.5) is 4.79 Å². The molecule has 1 fully saturated rings. The van der Waals surface area contributed by atoms with Crippen LogP contribution in [-0.2, 0) is 11.3 Å². The van der Waals surface area contributed by atoms with E-state index < -0.39 is 0 Å². The van der Waals surface area contributed by atoms with Gasteiger partial charge in [0.15, 0.2) is 0 Å². The number of rotatable bonds is 4. The number of likely N-dealkylation sites (tertiary alicyclic amines) is 1. The fourth-order valence-electron chi connectivity index (χ4n) is 1.89. The lowest BCUT2D eigenvalue weighted by Gasteiger charge is -2.15. The van der Waals surface area contributed by atoms with Gasteiger partial charge in [-0.25, -0.2) is 4.79 Å². The maximum Gasteiger partial charge on any atom is 0.408 e. The van der Waals surface area contributed by atoms with Gasteiger partial charge < -0.3 is 10.1 Å². The van der Waals surface area contributed by atoms with Crippen LogP contribution in [0.5, 0.6) is 0 Å². The van der Waals surface area contributed by atoms with Crippen molar-refractivity contribution in [1.82, 2.24) is 10.2 Å². The zero-order valence-corrected chi connectivity index (χ0v) is 9.89. The SMILES string of the molecule is O=C(NCN1CCCC1)OCc1ccccc1. The molecule has 1 aliphatic heterocycles. The van der Waals surface area contributed by atoms with E-state index in [1.54, 1.807) is 0 Å². The molecule has 1 aromatic rings. The molecule has 0 aliphatic carbocycles. The topological polar surface area (TPSA) is 41.6 Å². The summed E-state index contributed by atoms with van der Waals surface area (Å²) in [5, 5.41) is 2.76. The van der Waals surface area contributed by atoms with Crippen molar-refractivity contribution in [2.45, 2.75) is 19.4 Å². The highest BCUT2D eigenvalue weighted by Crippen LogP contribution is 2.05. The summed E-state index contributed by atoms with van der Waals surface area (Å²) < 4.78 is 5.11. The molecule has 1 aromatic carbocycles. The number of ether oxygens (including phenoxy) is 1. The number of nitrogens with one attached hydrogen (secondary N) is 1. The van der Waals surface area contributed by atoms with Gasteiger partial charge in [0, 0.05) is 0 Å². The Kier molecular flexibility index (Phi) is 4.38. The normalized spacial score (nSPS) is 15.8. The number of amides is 1. The molecule has 0 spiro atoms. The minimum atomic E-state index is -0.347. The molecule has 0 aromatic heterocycles. The summed E-state index contributed by atoms with van der Waals surface area (Å²) in [6.07, 6.45) is 2.10. The van der Waals surface area contributed by atoms with Crippen LogP contribution in [-0.4, -0.2) is 30.8 Å². The van der Waals surface area contributed by atoms with Crippen molar-refractivity contribution in [2.75, 3.05) is 19.8 Å². The van der Waals surface area contributed by atoms with Gasteiger partial charge in [-0.2, -0.15) is 0 Å². The molecule has 0 radical (unpaired) electrons. The highest BCUT2D eigenvalue weighted by atomic mass is 16.5. The van der Waals surface area contributed by atoms with E-state index >= 15 is 0 Å². The number of carbonyl (C=O) groups excluding carboxylic acids is 1. The molecule has 1 saturated heterocycles. The molecule has 17 heavy (non-hydrogen) atoms. The summed E-state index contributed by atoms with van der Waals surface area (Å²) in [5.41, 5.74) is 1.00. The summed E-state index contributed by atoms with van der Waals surface area (Å²) in [5.74, 6) is 0. The first-order valence-corrected chi connectivity index (χ1v) is 6.01. The van der Waals surface area contributed by atoms with E-state index in [2.05, 4.69) is 10.2 Å². The summed E-state index contributed by atoms with van der Waals surface area (Å²) in [6, 6.07) is 9.68. The monoisotopic (exact) mass is 234 g/mol. The average molecular weight is 234 g/mol. The maximum atomic E-state index is 11.4. The third-order valence-corrected chi connectivity index (χ3v) is 2.86. The van der Waals surface area contributed by atoms with E-state index in [1.807, 2.05) is 30.3 Å². The van der Waals surface area contributed by atoms with Crippen LogP contribution in [0.25, 0.3) is 0 Å². The molecular weight excluding hydrogens is 216 g/mol. The van der Waals surface area contributed by atoms with Crippen molar-refractivity contribution in [3.8, 4) is 0 Å². The molecule has 2 rings (SSSR count). The molecule has 1 N–H and O–H groups in total. The summed E-state index contributed by atoms with van der Waals surface area (Å²) in [7, 11) is 0. The summed E-state index contributed by atoms with van der Waals surface area (Å²) in [6.45, 7) is 3.05. The Morgan fingerprint density at radius 3 is 2.65 bits per heavy atom. The number of alkyl carbamates (subject to hydrolysis) is 1. The standard InChI is InChI=1S/C13H18N2O2/c16-13(14-11-15-8-4-5-9-15)17-10-12-6-2-1-3-7-12/h1-3,6-7H,4-5,8-11H2,(H,14,16). The predicted molar refractivity (Wildman–Crippen MR) is 65.4 cm³/mol. The van der Waals surface area contributed by atoms with E-state index in [0.29, 0.717) is 13.3 Å². The molecule has 4 nitrogen and oxygen atoms in total. The van der Waals surface area contributed by atoms with Crippen molar-refractivity contribution in [3.05, 3.63) is 35.9 Å². The second-order valence-electron chi connectivity index (χ2n) is 4.22. The van der Waals surface area contributed by atoms with E-state index in [4.69, 9.17) is 4.74 Å². The van der Waals surface area contributed by atoms with Crippen molar-refractivity contribution in [1.29, 1.82) is 0 Å². The fourth-order valence-corrected chi connectivity index (χ4v) is 1.89. The molecule has 4 heteroatoms. The first-order valence-electron chi connectivity index (χ1n) is 6.01. The third kappa shape index (κ3) is 4.07. The van der Waals surface area contributed by atoms with Crippen LogP contribution in [0.3, 0.4) is 0 Å². The highest BCUT2D eigenvalue weighted by Gasteiger charge is 2.12. The summed E-state index contributed by atoms with van der Waals surface area (Å²) >= 11 is 0. The van der Waals surface area contributed by atoms with Crippen LogP contribution in [0.15, 0.2) is 30.3 Å². The minimum absolute atomic E-state index is 0.326. The van der Waals surface area contributed by atoms with Gasteiger partial charge in [-0.15, -0.1) is 0 Å². The molecule has 0 bridgehead atoms. The van der Waals surface area contributed by atoms with Gasteiger partial charge >= 0.3 is 6.09 Å². The molecule has 1 heterocycles. The van der Waals surface area contributed by atoms with E-state index in [9.17, 15) is 4.79 Å². The smallest absolute Gasteiger partial charge is 0.408 e. The highest BCUT2D eigenvalue weighted by molar-refractivity contribution is 5.67. The second-order valence-corrected chi connectivity index (χ2v) is 4.22. The van der Waals surface area contributed by atoms with E-state index in [-0.39, 0.29) is 6.09 Å². The predicted octanol–water partition coefficient (Wildman–Crippen LogP) is 1.97. The first-order chi connectivity index (χ1) is 8.34. The lowest BCUT2D eigenvalue weighted by atomic mass is 10.2. The Balaban J connectivity index is 1.64. The van der Waals surface area contributed by atoms with Crippen molar-refractivity contribution >= 4 is 6.09 Å². The third-order valence-electron chi connectivity index (χ3n) is 2.86. The molecule has 1 aliphatic rings. The van der Waals surface area contributed by atoms with Crippen LogP contribution in [0.2, 0.25) is 0 Å². The quantitative estimate of drug-likeness (QED) is 0.866. The number of nitrogens with zero attached hydrogens (tertiary/aromatic N) is 1. The Bertz CT molecular complexity index is 348. The molecule has 0 atom stereocenters. The van der Waals surface area contributed by atoms with Gasteiger partial charge in [0.2, 0.25) is 0 Å². The Labute approximate surface area is 102 Å². The molecule has 92 valence electrons. The van der Waals surface area contributed by atoms with Gasteiger partial charge in [-0.05, 0) is 31.5 Å². The summed E-state index contributed by atoms with van der Waals surface area (Å²) in [4.78, 5) is 13.6. The van der Waals surface area contributed by atoms with E-state index in [1.165, 1.54) is 12.8 Å². The zero-order valence-electron chi connectivity index (χ0n) is 9.89. The first kappa shape index (κ1) is 11.9. The van der Waals surface area contributed by atoms with Gasteiger partial charge in [-0.3, -0.25) is 4.90 Å². The Hall–Kier alpha value is -1.55. The van der Waals surface area contributed by atoms with Crippen LogP contribution in [0, 0.1) is 0 Å². The van der Waals surface area contributed by atoms with Crippen LogP contribution >= 0.6 is 0 Å². The van der Waals surface area contributed by atoms with E-state index in [0.717, 1.165) is 18.7 Å². The number of carbonyl (C=O) groups is 1. The maximum absolute atomic E-state index is 11.4. The van der Waals surface area contributed by atoms with Crippen molar-refractivity contribution in [2.24, 2.45) is 0 Å². The van der Waals surface area contributed by atoms with Crippen LogP contribution in [0.1, 0.15) is 18.4 Å². The van der Waals surface area contributed by atoms with Gasteiger partial charge in [0.25, 0.3) is 0 Å². The van der Waals surface area contributed by atoms with Crippen LogP contribution < -0.4 is 5.32 Å². The molecule has 0 saturated carbocycles.